The minimum atomic E-state index is 0.0629. The molecule has 1 fully saturated rings. The molecule has 1 amide bonds. The van der Waals surface area contributed by atoms with Gasteiger partial charge in [-0.2, -0.15) is 0 Å². The Hall–Kier alpha value is -1.55. The molecule has 2 rings (SSSR count). The van der Waals surface area contributed by atoms with E-state index in [1.165, 1.54) is 16.8 Å². The molecule has 0 bridgehead atoms. The second kappa shape index (κ2) is 6.06. The highest BCUT2D eigenvalue weighted by Gasteiger charge is 2.23. The first-order valence-corrected chi connectivity index (χ1v) is 6.86. The minimum Gasteiger partial charge on any atom is -0.369 e. The Kier molecular flexibility index (Phi) is 4.43. The molecule has 0 aromatic heterocycles. The van der Waals surface area contributed by atoms with Crippen molar-refractivity contribution in [2.75, 3.05) is 25.0 Å². The molecule has 0 spiro atoms. The van der Waals surface area contributed by atoms with Crippen LogP contribution in [0, 0.1) is 6.92 Å². The number of carbonyl (C=O) groups excluding carboxylic acids is 1. The molecule has 1 atom stereocenters. The summed E-state index contributed by atoms with van der Waals surface area (Å²) in [5, 5.41) is 6.17. The van der Waals surface area contributed by atoms with Gasteiger partial charge in [-0.25, -0.2) is 0 Å². The Morgan fingerprint density at radius 2 is 2.26 bits per heavy atom. The second-order valence-electron chi connectivity index (χ2n) is 5.28. The molecule has 1 aromatic rings. The first-order valence-electron chi connectivity index (χ1n) is 6.86. The van der Waals surface area contributed by atoms with Crippen LogP contribution in [-0.4, -0.2) is 32.1 Å². The summed E-state index contributed by atoms with van der Waals surface area (Å²) in [5.41, 5.74) is 3.89. The summed E-state index contributed by atoms with van der Waals surface area (Å²) in [6.45, 7) is 6.55. The van der Waals surface area contributed by atoms with Gasteiger partial charge in [0.2, 0.25) is 5.91 Å². The zero-order valence-electron chi connectivity index (χ0n) is 12.0. The molecular weight excluding hydrogens is 238 g/mol. The average molecular weight is 261 g/mol. The highest BCUT2D eigenvalue weighted by atomic mass is 16.1. The highest BCUT2D eigenvalue weighted by molar-refractivity contribution is 5.73. The third-order valence-corrected chi connectivity index (χ3v) is 3.58. The van der Waals surface area contributed by atoms with Crippen molar-refractivity contribution in [3.63, 3.8) is 0 Å². The molecule has 19 heavy (non-hydrogen) atoms. The lowest BCUT2D eigenvalue weighted by Crippen LogP contribution is -2.35. The van der Waals surface area contributed by atoms with E-state index in [4.69, 9.17) is 0 Å². The lowest BCUT2D eigenvalue weighted by Gasteiger charge is -2.21. The largest absolute Gasteiger partial charge is 0.369 e. The summed E-state index contributed by atoms with van der Waals surface area (Å²) in [6, 6.07) is 6.88. The summed E-state index contributed by atoms with van der Waals surface area (Å²) in [6.07, 6.45) is 1.03. The van der Waals surface area contributed by atoms with Crippen LogP contribution in [0.4, 0.5) is 5.69 Å². The lowest BCUT2D eigenvalue weighted by molar-refractivity contribution is -0.119. The van der Waals surface area contributed by atoms with Crippen LogP contribution in [-0.2, 0) is 11.3 Å². The zero-order chi connectivity index (χ0) is 13.8. The van der Waals surface area contributed by atoms with Crippen molar-refractivity contribution < 1.29 is 4.79 Å². The van der Waals surface area contributed by atoms with Gasteiger partial charge in [0.05, 0.1) is 0 Å². The second-order valence-corrected chi connectivity index (χ2v) is 5.28. The van der Waals surface area contributed by atoms with Crippen molar-refractivity contribution in [1.29, 1.82) is 0 Å². The molecule has 0 radical (unpaired) electrons. The van der Waals surface area contributed by atoms with Crippen molar-refractivity contribution in [3.05, 3.63) is 29.3 Å². The van der Waals surface area contributed by atoms with Crippen LogP contribution in [0.25, 0.3) is 0 Å². The Labute approximate surface area is 115 Å². The maximum absolute atomic E-state index is 11.1. The molecule has 1 saturated heterocycles. The predicted octanol–water partition coefficient (Wildman–Crippen LogP) is 1.43. The van der Waals surface area contributed by atoms with Crippen LogP contribution in [0.3, 0.4) is 0 Å². The number of rotatable bonds is 4. The van der Waals surface area contributed by atoms with Gasteiger partial charge in [0, 0.05) is 38.3 Å². The molecule has 0 saturated carbocycles. The topological polar surface area (TPSA) is 44.4 Å². The van der Waals surface area contributed by atoms with Gasteiger partial charge < -0.3 is 15.5 Å². The van der Waals surface area contributed by atoms with Gasteiger partial charge in [0.1, 0.15) is 0 Å². The molecule has 4 nitrogen and oxygen atoms in total. The summed E-state index contributed by atoms with van der Waals surface area (Å²) in [7, 11) is 1.96. The highest BCUT2D eigenvalue weighted by Crippen LogP contribution is 2.25. The van der Waals surface area contributed by atoms with Crippen molar-refractivity contribution >= 4 is 11.6 Å². The zero-order valence-corrected chi connectivity index (χ0v) is 12.0. The third kappa shape index (κ3) is 3.47. The Balaban J connectivity index is 2.05. The molecule has 104 valence electrons. The number of benzene rings is 1. The maximum atomic E-state index is 11.1. The Bertz CT molecular complexity index is 459. The molecular formula is C15H23N3O. The molecule has 1 unspecified atom stereocenters. The number of nitrogens with zero attached hydrogens (tertiary/aromatic N) is 1. The number of hydrogen-bond acceptors (Lipinski definition) is 3. The average Bonchev–Trinajstić information content (AvgIpc) is 2.77. The fraction of sp³-hybridized carbons (Fsp3) is 0.533. The van der Waals surface area contributed by atoms with Gasteiger partial charge in [-0.05, 0) is 37.6 Å². The first kappa shape index (κ1) is 13.9. The van der Waals surface area contributed by atoms with Crippen LogP contribution in [0.5, 0.6) is 0 Å². The molecule has 4 heteroatoms. The minimum absolute atomic E-state index is 0.0629. The number of anilines is 1. The number of hydrogen-bond donors (Lipinski definition) is 2. The van der Waals surface area contributed by atoms with Crippen molar-refractivity contribution in [3.8, 4) is 0 Å². The fourth-order valence-electron chi connectivity index (χ4n) is 2.77. The van der Waals surface area contributed by atoms with Crippen LogP contribution >= 0.6 is 0 Å². The summed E-state index contributed by atoms with van der Waals surface area (Å²) in [5.74, 6) is 0.0629. The van der Waals surface area contributed by atoms with Crippen LogP contribution in [0.15, 0.2) is 18.2 Å². The van der Waals surface area contributed by atoms with Crippen LogP contribution < -0.4 is 15.5 Å². The number of aryl methyl sites for hydroxylation is 1. The molecule has 1 aliphatic rings. The van der Waals surface area contributed by atoms with E-state index in [1.54, 1.807) is 6.92 Å². The number of nitrogens with one attached hydrogen (secondary N) is 2. The monoisotopic (exact) mass is 261 g/mol. The lowest BCUT2D eigenvalue weighted by atomic mass is 10.1. The van der Waals surface area contributed by atoms with Crippen molar-refractivity contribution in [1.82, 2.24) is 10.6 Å². The molecule has 2 N–H and O–H groups in total. The van der Waals surface area contributed by atoms with Gasteiger partial charge in [-0.3, -0.25) is 4.79 Å². The van der Waals surface area contributed by atoms with Crippen molar-refractivity contribution in [2.24, 2.45) is 0 Å². The van der Waals surface area contributed by atoms with E-state index in [0.29, 0.717) is 0 Å². The van der Waals surface area contributed by atoms with E-state index in [-0.39, 0.29) is 11.9 Å². The van der Waals surface area contributed by atoms with E-state index in [1.807, 2.05) is 7.05 Å². The molecule has 0 aliphatic carbocycles. The number of amides is 1. The molecule has 1 heterocycles. The first-order chi connectivity index (χ1) is 9.10. The fourth-order valence-corrected chi connectivity index (χ4v) is 2.77. The van der Waals surface area contributed by atoms with E-state index < -0.39 is 0 Å². The number of carbonyl (C=O) groups is 1. The van der Waals surface area contributed by atoms with Gasteiger partial charge in [-0.1, -0.05) is 12.1 Å². The maximum Gasteiger partial charge on any atom is 0.217 e. The SMILES string of the molecule is CNCc1ccc(N2CCC(NC(C)=O)C2)c(C)c1. The van der Waals surface area contributed by atoms with Gasteiger partial charge in [0.15, 0.2) is 0 Å². The van der Waals surface area contributed by atoms with Crippen molar-refractivity contribution in [2.45, 2.75) is 32.9 Å². The predicted molar refractivity (Wildman–Crippen MR) is 78.4 cm³/mol. The summed E-state index contributed by atoms with van der Waals surface area (Å²) < 4.78 is 0. The quantitative estimate of drug-likeness (QED) is 0.862. The Morgan fingerprint density at radius 3 is 2.89 bits per heavy atom. The van der Waals surface area contributed by atoms with Gasteiger partial charge in [-0.15, -0.1) is 0 Å². The van der Waals surface area contributed by atoms with E-state index in [9.17, 15) is 4.79 Å². The normalized spacial score (nSPS) is 18.7. The van der Waals surface area contributed by atoms with Crippen LogP contribution in [0.1, 0.15) is 24.5 Å². The molecule has 1 aliphatic heterocycles. The summed E-state index contributed by atoms with van der Waals surface area (Å²) >= 11 is 0. The third-order valence-electron chi connectivity index (χ3n) is 3.58. The van der Waals surface area contributed by atoms with Gasteiger partial charge >= 0.3 is 0 Å². The van der Waals surface area contributed by atoms with E-state index in [0.717, 1.165) is 26.1 Å². The van der Waals surface area contributed by atoms with E-state index >= 15 is 0 Å². The Morgan fingerprint density at radius 1 is 1.47 bits per heavy atom. The van der Waals surface area contributed by atoms with Gasteiger partial charge in [0.25, 0.3) is 0 Å². The van der Waals surface area contributed by atoms with E-state index in [2.05, 4.69) is 40.7 Å². The smallest absolute Gasteiger partial charge is 0.217 e. The summed E-state index contributed by atoms with van der Waals surface area (Å²) in [4.78, 5) is 13.5. The standard InChI is InChI=1S/C15H23N3O/c1-11-8-13(9-16-3)4-5-15(11)18-7-6-14(10-18)17-12(2)19/h4-5,8,14,16H,6-7,9-10H2,1-3H3,(H,17,19). The van der Waals surface area contributed by atoms with Crippen LogP contribution in [0.2, 0.25) is 0 Å². The molecule has 1 aromatic carbocycles.